The molecule has 0 saturated heterocycles. The Morgan fingerprint density at radius 2 is 2.14 bits per heavy atom. The number of fused-ring (bicyclic) bond motifs is 1. The molecule has 0 atom stereocenters. The van der Waals surface area contributed by atoms with E-state index in [1.807, 2.05) is 27.7 Å². The van der Waals surface area contributed by atoms with Crippen molar-refractivity contribution in [2.45, 2.75) is 13.1 Å². The predicted octanol–water partition coefficient (Wildman–Crippen LogP) is 1.95. The number of anilines is 1. The van der Waals surface area contributed by atoms with Gasteiger partial charge in [-0.05, 0) is 15.9 Å². The Balaban J connectivity index is 1.68. The molecule has 0 bridgehead atoms. The van der Waals surface area contributed by atoms with Crippen molar-refractivity contribution in [3.05, 3.63) is 41.3 Å². The highest BCUT2D eigenvalue weighted by Crippen LogP contribution is 2.12. The first-order chi connectivity index (χ1) is 10.3. The van der Waals surface area contributed by atoms with Crippen molar-refractivity contribution in [3.63, 3.8) is 0 Å². The Kier molecular flexibility index (Phi) is 4.16. The van der Waals surface area contributed by atoms with Crippen LogP contribution in [0.2, 0.25) is 0 Å². The van der Waals surface area contributed by atoms with E-state index in [2.05, 4.69) is 36.3 Å². The van der Waals surface area contributed by atoms with Crippen LogP contribution in [0, 0.1) is 0 Å². The summed E-state index contributed by atoms with van der Waals surface area (Å²) in [4.78, 5) is 8.48. The highest BCUT2D eigenvalue weighted by atomic mass is 79.9. The Morgan fingerprint density at radius 3 is 3.00 bits per heavy atom. The van der Waals surface area contributed by atoms with Gasteiger partial charge < -0.3 is 10.1 Å². The zero-order valence-corrected chi connectivity index (χ0v) is 13.1. The highest BCUT2D eigenvalue weighted by Gasteiger charge is 2.05. The Morgan fingerprint density at radius 1 is 1.24 bits per heavy atom. The number of rotatable bonds is 6. The van der Waals surface area contributed by atoms with Crippen LogP contribution in [0.5, 0.6) is 0 Å². The molecule has 0 radical (unpaired) electrons. The molecule has 0 unspecified atom stereocenters. The van der Waals surface area contributed by atoms with E-state index >= 15 is 0 Å². The van der Waals surface area contributed by atoms with Crippen molar-refractivity contribution in [1.82, 2.24) is 24.1 Å². The van der Waals surface area contributed by atoms with Gasteiger partial charge in [-0.2, -0.15) is 5.10 Å². The molecule has 3 heterocycles. The minimum Gasteiger partial charge on any atom is -0.383 e. The van der Waals surface area contributed by atoms with Gasteiger partial charge in [-0.25, -0.2) is 9.97 Å². The number of ether oxygens (including phenoxy) is 1. The van der Waals surface area contributed by atoms with Gasteiger partial charge in [0.25, 0.3) is 0 Å². The zero-order valence-electron chi connectivity index (χ0n) is 11.5. The number of imidazole rings is 1. The van der Waals surface area contributed by atoms with E-state index in [0.717, 1.165) is 28.2 Å². The van der Waals surface area contributed by atoms with E-state index in [1.165, 1.54) is 0 Å². The van der Waals surface area contributed by atoms with Gasteiger partial charge in [0.1, 0.15) is 4.60 Å². The van der Waals surface area contributed by atoms with Crippen LogP contribution in [0.15, 0.2) is 35.6 Å². The summed E-state index contributed by atoms with van der Waals surface area (Å²) in [6.07, 6.45) is 9.24. The van der Waals surface area contributed by atoms with Crippen molar-refractivity contribution >= 4 is 27.3 Å². The molecule has 0 aromatic carbocycles. The first-order valence-electron chi connectivity index (χ1n) is 6.49. The minimum absolute atomic E-state index is 0.648. The molecular weight excluding hydrogens is 336 g/mol. The first kappa shape index (κ1) is 14.0. The minimum atomic E-state index is 0.648. The Labute approximate surface area is 130 Å². The standard InChI is InChI=1S/C13H15BrN6O/c1-21-3-2-19-8-10(4-18-19)15-5-11-6-17-13-7-16-12(14)9-20(11)13/h4,6-9,15H,2-3,5H2,1H3. The van der Waals surface area contributed by atoms with Gasteiger partial charge >= 0.3 is 0 Å². The molecule has 0 aliphatic rings. The quantitative estimate of drug-likeness (QED) is 0.735. The van der Waals surface area contributed by atoms with Crippen molar-refractivity contribution in [3.8, 4) is 0 Å². The van der Waals surface area contributed by atoms with Crippen LogP contribution in [0.25, 0.3) is 5.65 Å². The van der Waals surface area contributed by atoms with Crippen LogP contribution in [0.1, 0.15) is 5.69 Å². The molecule has 0 fully saturated rings. The molecule has 1 N–H and O–H groups in total. The number of methoxy groups -OCH3 is 1. The van der Waals surface area contributed by atoms with E-state index in [4.69, 9.17) is 4.74 Å². The maximum Gasteiger partial charge on any atom is 0.155 e. The van der Waals surface area contributed by atoms with E-state index in [1.54, 1.807) is 19.5 Å². The third-order valence-corrected chi connectivity index (χ3v) is 3.48. The van der Waals surface area contributed by atoms with E-state index < -0.39 is 0 Å². The van der Waals surface area contributed by atoms with Gasteiger partial charge in [0.2, 0.25) is 0 Å². The van der Waals surface area contributed by atoms with Crippen molar-refractivity contribution < 1.29 is 4.74 Å². The van der Waals surface area contributed by atoms with Gasteiger partial charge in [0, 0.05) is 19.5 Å². The molecule has 0 aliphatic heterocycles. The normalized spacial score (nSPS) is 11.1. The SMILES string of the molecule is COCCn1cc(NCc2cnc3cnc(Br)cn23)cn1. The van der Waals surface area contributed by atoms with Crippen molar-refractivity contribution in [1.29, 1.82) is 0 Å². The van der Waals surface area contributed by atoms with Crippen molar-refractivity contribution in [2.75, 3.05) is 19.0 Å². The largest absolute Gasteiger partial charge is 0.383 e. The number of nitrogens with zero attached hydrogens (tertiary/aromatic N) is 5. The second-order valence-electron chi connectivity index (χ2n) is 4.53. The number of halogens is 1. The lowest BCUT2D eigenvalue weighted by molar-refractivity contribution is 0.183. The average Bonchev–Trinajstić information content (AvgIpc) is 3.09. The summed E-state index contributed by atoms with van der Waals surface area (Å²) >= 11 is 3.37. The molecule has 0 saturated carbocycles. The number of aromatic nitrogens is 5. The summed E-state index contributed by atoms with van der Waals surface area (Å²) in [5.41, 5.74) is 2.85. The molecule has 0 amide bonds. The molecule has 0 aliphatic carbocycles. The van der Waals surface area contributed by atoms with E-state index in [0.29, 0.717) is 13.2 Å². The molecule has 0 spiro atoms. The fourth-order valence-electron chi connectivity index (χ4n) is 2.00. The lowest BCUT2D eigenvalue weighted by Crippen LogP contribution is -2.04. The van der Waals surface area contributed by atoms with Gasteiger partial charge in [-0.15, -0.1) is 0 Å². The smallest absolute Gasteiger partial charge is 0.155 e. The maximum atomic E-state index is 5.03. The monoisotopic (exact) mass is 350 g/mol. The molecule has 7 nitrogen and oxygen atoms in total. The van der Waals surface area contributed by atoms with Crippen LogP contribution in [-0.2, 0) is 17.8 Å². The van der Waals surface area contributed by atoms with E-state index in [9.17, 15) is 0 Å². The Hall–Kier alpha value is -1.93. The third kappa shape index (κ3) is 3.22. The second-order valence-corrected chi connectivity index (χ2v) is 5.34. The summed E-state index contributed by atoms with van der Waals surface area (Å²) in [5.74, 6) is 0. The second kappa shape index (κ2) is 6.23. The Bertz CT molecular complexity index is 737. The zero-order chi connectivity index (χ0) is 14.7. The summed E-state index contributed by atoms with van der Waals surface area (Å²) in [6.45, 7) is 2.05. The highest BCUT2D eigenvalue weighted by molar-refractivity contribution is 9.10. The molecule has 3 aromatic heterocycles. The fourth-order valence-corrected chi connectivity index (χ4v) is 2.31. The van der Waals surface area contributed by atoms with E-state index in [-0.39, 0.29) is 0 Å². The molecule has 110 valence electrons. The third-order valence-electron chi connectivity index (χ3n) is 3.07. The number of hydrogen-bond donors (Lipinski definition) is 1. The average molecular weight is 351 g/mol. The van der Waals surface area contributed by atoms with Gasteiger partial charge in [0.05, 0.1) is 49.7 Å². The molecule has 21 heavy (non-hydrogen) atoms. The van der Waals surface area contributed by atoms with Gasteiger partial charge in [-0.3, -0.25) is 9.08 Å². The lowest BCUT2D eigenvalue weighted by atomic mass is 10.4. The fraction of sp³-hybridized carbons (Fsp3) is 0.308. The maximum absolute atomic E-state index is 5.03. The molecule has 3 rings (SSSR count). The van der Waals surface area contributed by atoms with Crippen LogP contribution in [0.4, 0.5) is 5.69 Å². The van der Waals surface area contributed by atoms with Crippen LogP contribution in [-0.4, -0.2) is 37.9 Å². The number of hydrogen-bond acceptors (Lipinski definition) is 5. The molecular formula is C13H15BrN6O. The number of nitrogens with one attached hydrogen (secondary N) is 1. The topological polar surface area (TPSA) is 69.3 Å². The van der Waals surface area contributed by atoms with Crippen LogP contribution < -0.4 is 5.32 Å². The van der Waals surface area contributed by atoms with Crippen molar-refractivity contribution in [2.24, 2.45) is 0 Å². The predicted molar refractivity (Wildman–Crippen MR) is 82.1 cm³/mol. The summed E-state index contributed by atoms with van der Waals surface area (Å²) in [6, 6.07) is 0. The van der Waals surface area contributed by atoms with Crippen LogP contribution >= 0.6 is 15.9 Å². The van der Waals surface area contributed by atoms with Gasteiger partial charge in [-0.1, -0.05) is 0 Å². The summed E-state index contributed by atoms with van der Waals surface area (Å²) < 4.78 is 9.66. The molecule has 8 heteroatoms. The van der Waals surface area contributed by atoms with Gasteiger partial charge in [0.15, 0.2) is 5.65 Å². The first-order valence-corrected chi connectivity index (χ1v) is 7.28. The lowest BCUT2D eigenvalue weighted by Gasteiger charge is -2.04. The molecule has 3 aromatic rings. The summed E-state index contributed by atoms with van der Waals surface area (Å²) in [7, 11) is 1.68. The van der Waals surface area contributed by atoms with Crippen LogP contribution in [0.3, 0.4) is 0 Å². The summed E-state index contributed by atoms with van der Waals surface area (Å²) in [5, 5.41) is 7.60.